The zero-order valence-corrected chi connectivity index (χ0v) is 12.2. The Labute approximate surface area is 120 Å². The smallest absolute Gasteiger partial charge is 0.192 e. The number of hydrogen-bond donors (Lipinski definition) is 1. The molecule has 2 aliphatic rings. The predicted molar refractivity (Wildman–Crippen MR) is 79.5 cm³/mol. The maximum atomic E-state index is 6.13. The topological polar surface area (TPSA) is 54.1 Å². The fourth-order valence-corrected chi connectivity index (χ4v) is 3.09. The Hall–Kier alpha value is -1.59. The lowest BCUT2D eigenvalue weighted by atomic mass is 9.84. The minimum Gasteiger partial charge on any atom is -0.374 e. The molecule has 1 aromatic carbocycles. The minimum atomic E-state index is -0.213. The van der Waals surface area contributed by atoms with Crippen molar-refractivity contribution in [3.05, 3.63) is 35.4 Å². The van der Waals surface area contributed by atoms with Gasteiger partial charge in [-0.05, 0) is 25.2 Å². The van der Waals surface area contributed by atoms with Crippen molar-refractivity contribution in [3.8, 4) is 0 Å². The van der Waals surface area contributed by atoms with Gasteiger partial charge in [0.25, 0.3) is 0 Å². The van der Waals surface area contributed by atoms with E-state index in [1.807, 2.05) is 0 Å². The summed E-state index contributed by atoms with van der Waals surface area (Å²) in [5.41, 5.74) is 8.48. The highest BCUT2D eigenvalue weighted by molar-refractivity contribution is 5.81. The fraction of sp³-hybridized carbons (Fsp3) is 0.533. The second-order valence-electron chi connectivity index (χ2n) is 5.81. The Bertz CT molecular complexity index is 528. The molecule has 2 N–H and O–H groups in total. The van der Waals surface area contributed by atoms with E-state index in [0.717, 1.165) is 13.1 Å². The average molecular weight is 274 g/mol. The molecule has 1 unspecified atom stereocenters. The zero-order valence-electron chi connectivity index (χ0n) is 12.2. The van der Waals surface area contributed by atoms with Crippen LogP contribution in [0.4, 0.5) is 0 Å². The van der Waals surface area contributed by atoms with Crippen molar-refractivity contribution in [2.45, 2.75) is 12.1 Å². The molecule has 2 heterocycles. The molecule has 1 aromatic rings. The van der Waals surface area contributed by atoms with Crippen molar-refractivity contribution < 1.29 is 4.74 Å². The van der Waals surface area contributed by atoms with Gasteiger partial charge in [0.1, 0.15) is 5.54 Å². The molecule has 0 saturated heterocycles. The van der Waals surface area contributed by atoms with Crippen molar-refractivity contribution in [1.82, 2.24) is 9.80 Å². The van der Waals surface area contributed by atoms with Crippen molar-refractivity contribution in [2.24, 2.45) is 10.7 Å². The first kappa shape index (κ1) is 13.4. The highest BCUT2D eigenvalue weighted by atomic mass is 16.5. The first-order valence-corrected chi connectivity index (χ1v) is 7.02. The maximum absolute atomic E-state index is 6.13. The van der Waals surface area contributed by atoms with E-state index in [4.69, 9.17) is 10.5 Å². The van der Waals surface area contributed by atoms with Crippen LogP contribution in [0.25, 0.3) is 0 Å². The van der Waals surface area contributed by atoms with Crippen LogP contribution in [0.1, 0.15) is 11.1 Å². The van der Waals surface area contributed by atoms with E-state index in [9.17, 15) is 0 Å². The normalized spacial score (nSPS) is 25.1. The average Bonchev–Trinajstić information content (AvgIpc) is 2.75. The summed E-state index contributed by atoms with van der Waals surface area (Å²) in [6.45, 7) is 3.82. The number of fused-ring (bicyclic) bond motifs is 2. The second-order valence-corrected chi connectivity index (χ2v) is 5.81. The largest absolute Gasteiger partial charge is 0.374 e. The molecule has 0 saturated carbocycles. The van der Waals surface area contributed by atoms with Crippen LogP contribution in [0, 0.1) is 0 Å². The summed E-state index contributed by atoms with van der Waals surface area (Å²) in [6, 6.07) is 8.47. The summed E-state index contributed by atoms with van der Waals surface area (Å²) >= 11 is 0. The summed E-state index contributed by atoms with van der Waals surface area (Å²) in [4.78, 5) is 8.87. The Morgan fingerprint density at radius 1 is 1.40 bits per heavy atom. The molecule has 0 fully saturated rings. The molecule has 3 rings (SSSR count). The second kappa shape index (κ2) is 5.07. The van der Waals surface area contributed by atoms with Crippen molar-refractivity contribution in [3.63, 3.8) is 0 Å². The monoisotopic (exact) mass is 274 g/mol. The first-order valence-electron chi connectivity index (χ1n) is 7.02. The number of nitrogens with two attached hydrogens (primary N) is 1. The highest BCUT2D eigenvalue weighted by Crippen LogP contribution is 2.38. The van der Waals surface area contributed by atoms with Gasteiger partial charge in [-0.1, -0.05) is 24.3 Å². The number of hydrogen-bond acceptors (Lipinski definition) is 5. The van der Waals surface area contributed by atoms with E-state index in [1.165, 1.54) is 11.1 Å². The standard InChI is InChI=1S/C15H22N4O/c1-18(2)7-8-19-14(16)17-10-15(19)11-20-9-12-5-3-4-6-13(12)15/h3-6H,7-11H2,1-2H3,(H2,16,17). The van der Waals surface area contributed by atoms with Crippen LogP contribution in [-0.2, 0) is 16.9 Å². The Morgan fingerprint density at radius 3 is 3.00 bits per heavy atom. The lowest BCUT2D eigenvalue weighted by Crippen LogP contribution is -2.55. The van der Waals surface area contributed by atoms with Crippen molar-refractivity contribution in [1.29, 1.82) is 0 Å². The zero-order chi connectivity index (χ0) is 14.2. The number of nitrogens with zero attached hydrogens (tertiary/aromatic N) is 3. The summed E-state index contributed by atoms with van der Waals surface area (Å²) < 4.78 is 5.83. The van der Waals surface area contributed by atoms with E-state index in [1.54, 1.807) is 0 Å². The number of benzene rings is 1. The maximum Gasteiger partial charge on any atom is 0.192 e. The van der Waals surface area contributed by atoms with Gasteiger partial charge < -0.3 is 20.3 Å². The molecular formula is C15H22N4O. The number of guanidine groups is 1. The van der Waals surface area contributed by atoms with Gasteiger partial charge in [0, 0.05) is 13.1 Å². The van der Waals surface area contributed by atoms with E-state index in [0.29, 0.717) is 25.7 Å². The molecule has 1 spiro atoms. The van der Waals surface area contributed by atoms with Gasteiger partial charge in [0.05, 0.1) is 19.8 Å². The summed E-state index contributed by atoms with van der Waals surface area (Å²) in [7, 11) is 4.14. The number of ether oxygens (including phenoxy) is 1. The molecule has 0 aliphatic carbocycles. The third-order valence-corrected chi connectivity index (χ3v) is 4.18. The molecule has 2 aliphatic heterocycles. The van der Waals surface area contributed by atoms with E-state index in [-0.39, 0.29) is 5.54 Å². The molecule has 20 heavy (non-hydrogen) atoms. The molecule has 108 valence electrons. The van der Waals surface area contributed by atoms with Crippen LogP contribution in [0.2, 0.25) is 0 Å². The molecule has 0 radical (unpaired) electrons. The third-order valence-electron chi connectivity index (χ3n) is 4.18. The van der Waals surface area contributed by atoms with Gasteiger partial charge in [-0.2, -0.15) is 0 Å². The SMILES string of the molecule is CN(C)CCN1C(N)=NCC12COCc1ccccc12. The van der Waals surface area contributed by atoms with Gasteiger partial charge in [0.15, 0.2) is 5.96 Å². The van der Waals surface area contributed by atoms with Gasteiger partial charge in [0.2, 0.25) is 0 Å². The lowest BCUT2D eigenvalue weighted by Gasteiger charge is -2.43. The van der Waals surface area contributed by atoms with Gasteiger partial charge >= 0.3 is 0 Å². The molecular weight excluding hydrogens is 252 g/mol. The molecule has 0 amide bonds. The lowest BCUT2D eigenvalue weighted by molar-refractivity contribution is 0.00458. The summed E-state index contributed by atoms with van der Waals surface area (Å²) in [5.74, 6) is 0.632. The molecule has 5 nitrogen and oxygen atoms in total. The van der Waals surface area contributed by atoms with Gasteiger partial charge in [-0.15, -0.1) is 0 Å². The van der Waals surface area contributed by atoms with Crippen LogP contribution in [0.15, 0.2) is 29.3 Å². The third kappa shape index (κ3) is 2.07. The number of likely N-dealkylation sites (N-methyl/N-ethyl adjacent to an activating group) is 1. The number of rotatable bonds is 3. The molecule has 1 atom stereocenters. The summed E-state index contributed by atoms with van der Waals surface area (Å²) in [6.07, 6.45) is 0. The number of aliphatic imine (C=N–C) groups is 1. The van der Waals surface area contributed by atoms with E-state index >= 15 is 0 Å². The fourth-order valence-electron chi connectivity index (χ4n) is 3.09. The minimum absolute atomic E-state index is 0.213. The van der Waals surface area contributed by atoms with Gasteiger partial charge in [-0.3, -0.25) is 4.99 Å². The van der Waals surface area contributed by atoms with E-state index < -0.39 is 0 Å². The van der Waals surface area contributed by atoms with Crippen LogP contribution >= 0.6 is 0 Å². The van der Waals surface area contributed by atoms with Crippen molar-refractivity contribution in [2.75, 3.05) is 40.3 Å². The Kier molecular flexibility index (Phi) is 3.40. The summed E-state index contributed by atoms with van der Waals surface area (Å²) in [5, 5.41) is 0. The van der Waals surface area contributed by atoms with Gasteiger partial charge in [-0.25, -0.2) is 0 Å². The van der Waals surface area contributed by atoms with Crippen LogP contribution in [-0.4, -0.2) is 56.1 Å². The molecule has 5 heteroatoms. The quantitative estimate of drug-likeness (QED) is 0.877. The van der Waals surface area contributed by atoms with Crippen LogP contribution in [0.5, 0.6) is 0 Å². The molecule has 0 aromatic heterocycles. The van der Waals surface area contributed by atoms with Crippen LogP contribution < -0.4 is 5.73 Å². The predicted octanol–water partition coefficient (Wildman–Crippen LogP) is 0.604. The Balaban J connectivity index is 1.95. The Morgan fingerprint density at radius 2 is 2.20 bits per heavy atom. The highest BCUT2D eigenvalue weighted by Gasteiger charge is 2.46. The first-order chi connectivity index (χ1) is 9.63. The van der Waals surface area contributed by atoms with Crippen molar-refractivity contribution >= 4 is 5.96 Å². The van der Waals surface area contributed by atoms with E-state index in [2.05, 4.69) is 53.2 Å². The van der Waals surface area contributed by atoms with Crippen LogP contribution in [0.3, 0.4) is 0 Å². The molecule has 0 bridgehead atoms.